The number of fused-ring (bicyclic) bond motifs is 10. The molecule has 8 rings (SSSR count). The lowest BCUT2D eigenvalue weighted by Gasteiger charge is -2.18. The lowest BCUT2D eigenvalue weighted by Crippen LogP contribution is -2.48. The molecule has 0 unspecified atom stereocenters. The molecule has 0 aliphatic carbocycles. The van der Waals surface area contributed by atoms with Crippen molar-refractivity contribution in [2.45, 2.75) is 0 Å². The number of hydrogen-bond acceptors (Lipinski definition) is 5. The van der Waals surface area contributed by atoms with Crippen LogP contribution in [0.15, 0.2) is 56.4 Å². The van der Waals surface area contributed by atoms with E-state index in [1.54, 1.807) is 0 Å². The molecule has 5 heterocycles. The van der Waals surface area contributed by atoms with Crippen LogP contribution >= 0.6 is 0 Å². The van der Waals surface area contributed by atoms with Crippen LogP contribution < -0.4 is 10.8 Å². The van der Waals surface area contributed by atoms with E-state index in [2.05, 4.69) is 25.8 Å². The molecule has 3 aliphatic heterocycles. The number of nitrogens with zero attached hydrogens (tertiary/aromatic N) is 6. The maximum Gasteiger partial charge on any atom is 0.559 e. The van der Waals surface area contributed by atoms with Crippen molar-refractivity contribution in [1.82, 2.24) is 8.96 Å². The predicted molar refractivity (Wildman–Crippen MR) is 129 cm³/mol. The molecule has 0 saturated carbocycles. The van der Waals surface area contributed by atoms with E-state index in [-0.39, 0.29) is 66.8 Å². The highest BCUT2D eigenvalue weighted by atomic mass is 19.2. The van der Waals surface area contributed by atoms with Gasteiger partial charge in [-0.25, -0.2) is 41.3 Å². The van der Waals surface area contributed by atoms with Gasteiger partial charge in [0, 0.05) is 38.5 Å². The third-order valence-corrected chi connectivity index (χ3v) is 6.93. The monoisotopic (exact) mass is 532 g/mol. The van der Waals surface area contributed by atoms with Gasteiger partial charge in [0.05, 0.1) is 0 Å². The Morgan fingerprint density at radius 3 is 1.74 bits per heavy atom. The minimum Gasteiger partial charge on any atom is -0.413 e. The van der Waals surface area contributed by atoms with Crippen molar-refractivity contribution >= 4 is 57.9 Å². The first-order valence-corrected chi connectivity index (χ1v) is 11.3. The van der Waals surface area contributed by atoms with Crippen molar-refractivity contribution in [3.8, 4) is 0 Å². The molecule has 188 valence electrons. The third-order valence-electron chi connectivity index (χ3n) is 6.93. The fourth-order valence-corrected chi connectivity index (χ4v) is 5.20. The summed E-state index contributed by atoms with van der Waals surface area (Å²) >= 11 is 0. The van der Waals surface area contributed by atoms with Gasteiger partial charge in [0.2, 0.25) is 0 Å². The molecule has 0 spiro atoms. The molecule has 39 heavy (non-hydrogen) atoms. The summed E-state index contributed by atoms with van der Waals surface area (Å²) in [6.07, 6.45) is 0. The van der Waals surface area contributed by atoms with Crippen molar-refractivity contribution in [3.05, 3.63) is 93.3 Å². The zero-order valence-corrected chi connectivity index (χ0v) is 18.9. The second-order valence-corrected chi connectivity index (χ2v) is 9.05. The van der Waals surface area contributed by atoms with E-state index in [4.69, 9.17) is 0 Å². The average Bonchev–Trinajstić information content (AvgIpc) is 3.48. The van der Waals surface area contributed by atoms with Crippen molar-refractivity contribution < 1.29 is 31.4 Å². The number of rotatable bonds is 0. The molecule has 2 aromatic heterocycles. The van der Waals surface area contributed by atoms with E-state index >= 15 is 0 Å². The Labute approximate surface area is 211 Å². The fourth-order valence-electron chi connectivity index (χ4n) is 5.20. The summed E-state index contributed by atoms with van der Waals surface area (Å²) in [5, 5.41) is 11.7. The third kappa shape index (κ3) is 2.73. The molecule has 3 aromatic carbocycles. The van der Waals surface area contributed by atoms with E-state index in [0.29, 0.717) is 0 Å². The lowest BCUT2D eigenvalue weighted by atomic mass is 9.99. The molecule has 3 aliphatic rings. The summed E-state index contributed by atoms with van der Waals surface area (Å²) in [7, 11) is -1.70. The first kappa shape index (κ1) is 22.1. The molecular formula is C25H7BF6N6O. The van der Waals surface area contributed by atoms with Crippen LogP contribution in [0.4, 0.5) is 38.0 Å². The minimum atomic E-state index is -1.70. The maximum absolute atomic E-state index is 14.4. The second kappa shape index (κ2) is 7.13. The van der Waals surface area contributed by atoms with Gasteiger partial charge in [-0.1, -0.05) is 0 Å². The number of benzene rings is 3. The highest BCUT2D eigenvalue weighted by Crippen LogP contribution is 2.41. The Morgan fingerprint density at radius 1 is 0.590 bits per heavy atom. The van der Waals surface area contributed by atoms with E-state index < -0.39 is 42.1 Å². The Morgan fingerprint density at radius 2 is 1.10 bits per heavy atom. The van der Waals surface area contributed by atoms with Crippen LogP contribution in [0.5, 0.6) is 0 Å². The zero-order valence-electron chi connectivity index (χ0n) is 18.9. The molecule has 5 aromatic rings. The topological polar surface area (TPSA) is 79.5 Å². The van der Waals surface area contributed by atoms with E-state index in [1.807, 2.05) is 0 Å². The Balaban J connectivity index is 1.65. The Kier molecular flexibility index (Phi) is 4.04. The van der Waals surface area contributed by atoms with Gasteiger partial charge in [0.25, 0.3) is 0 Å². The maximum atomic E-state index is 14.4. The molecule has 0 amide bonds. The molecule has 1 N–H and O–H groups in total. The quantitative estimate of drug-likeness (QED) is 0.241. The van der Waals surface area contributed by atoms with Crippen LogP contribution in [0.3, 0.4) is 0 Å². The zero-order chi connectivity index (χ0) is 26.9. The summed E-state index contributed by atoms with van der Waals surface area (Å²) < 4.78 is 88.2. The lowest BCUT2D eigenvalue weighted by molar-refractivity contribution is 0.508. The van der Waals surface area contributed by atoms with Gasteiger partial charge < -0.3 is 14.0 Å². The van der Waals surface area contributed by atoms with Gasteiger partial charge in [-0.3, -0.25) is 0 Å². The highest BCUT2D eigenvalue weighted by Gasteiger charge is 2.36. The number of amidine groups is 2. The van der Waals surface area contributed by atoms with Crippen LogP contribution in [0, 0.1) is 34.9 Å². The SMILES string of the molecule is OB1n2c3c4cc(F)c(F)cc4c2/N=C2\N=C(N=C=c4c5cc(F)c(F)cc5c(n41)=N3)c1cc(F)c(F)cc12. The number of aromatic nitrogens is 2. The number of aliphatic imine (C=N–C) groups is 3. The molecule has 0 fully saturated rings. The first-order chi connectivity index (χ1) is 18.7. The van der Waals surface area contributed by atoms with Crippen molar-refractivity contribution in [3.63, 3.8) is 0 Å². The minimum absolute atomic E-state index is 0.0185. The molecule has 0 saturated heterocycles. The van der Waals surface area contributed by atoms with Crippen molar-refractivity contribution in [1.29, 1.82) is 0 Å². The average molecular weight is 532 g/mol. The molecule has 0 atom stereocenters. The molecule has 0 radical (unpaired) electrons. The van der Waals surface area contributed by atoms with Crippen LogP contribution in [0.2, 0.25) is 0 Å². The van der Waals surface area contributed by atoms with Gasteiger partial charge in [-0.2, -0.15) is 4.99 Å². The Bertz CT molecular complexity index is 2260. The smallest absolute Gasteiger partial charge is 0.413 e. The second-order valence-electron chi connectivity index (χ2n) is 9.05. The van der Waals surface area contributed by atoms with E-state index in [1.165, 1.54) is 4.48 Å². The van der Waals surface area contributed by atoms with Crippen LogP contribution in [0.25, 0.3) is 21.5 Å². The Hall–Kier alpha value is -4.94. The van der Waals surface area contributed by atoms with Gasteiger partial charge in [0.15, 0.2) is 46.6 Å². The van der Waals surface area contributed by atoms with Crippen molar-refractivity contribution in [2.24, 2.45) is 20.0 Å². The summed E-state index contributed by atoms with van der Waals surface area (Å²) in [5.41, 5.74) is 0.0603. The van der Waals surface area contributed by atoms with Crippen LogP contribution in [0.1, 0.15) is 11.1 Å². The number of hydrogen-bond donors (Lipinski definition) is 1. The largest absolute Gasteiger partial charge is 0.559 e. The summed E-state index contributed by atoms with van der Waals surface area (Å²) in [6.45, 7) is 0. The van der Waals surface area contributed by atoms with Crippen molar-refractivity contribution in [2.75, 3.05) is 0 Å². The molecule has 4 bridgehead atoms. The highest BCUT2D eigenvalue weighted by molar-refractivity contribution is 6.50. The first-order valence-electron chi connectivity index (χ1n) is 11.3. The predicted octanol–water partition coefficient (Wildman–Crippen LogP) is 3.26. The van der Waals surface area contributed by atoms with Gasteiger partial charge in [0.1, 0.15) is 22.5 Å². The van der Waals surface area contributed by atoms with Gasteiger partial charge >= 0.3 is 7.19 Å². The van der Waals surface area contributed by atoms with Gasteiger partial charge in [-0.05, 0) is 36.4 Å². The fraction of sp³-hybridized carbons (Fsp3) is 0. The summed E-state index contributed by atoms with van der Waals surface area (Å²) in [5.74, 6) is -5.00. The van der Waals surface area contributed by atoms with Crippen LogP contribution in [-0.4, -0.2) is 38.7 Å². The molecule has 7 nitrogen and oxygen atoms in total. The molecular weight excluding hydrogens is 525 g/mol. The van der Waals surface area contributed by atoms with Gasteiger partial charge in [-0.15, -0.1) is 0 Å². The summed E-state index contributed by atoms with van der Waals surface area (Å²) in [4.78, 5) is 17.4. The number of halogens is 6. The van der Waals surface area contributed by atoms with E-state index in [0.717, 1.165) is 40.9 Å². The van der Waals surface area contributed by atoms with Crippen LogP contribution in [-0.2, 0) is 0 Å². The standard InChI is InChI=1S/C25H7BF6N6O/c27-14-1-8-11(4-17(14)30)24-36-25-13-6-19(32)18(31)5-12(13)23-35-22-10-3-16(29)15(28)2-9(10)21(34-22)33-7-20(8)37(24)26(39)38(23)25/h1-6,39H/b35-22-. The molecule has 14 heteroatoms. The normalized spacial score (nSPS) is 16.0. The van der Waals surface area contributed by atoms with E-state index in [9.17, 15) is 31.4 Å². The summed E-state index contributed by atoms with van der Waals surface area (Å²) in [6, 6.07) is 5.20.